The second-order valence-corrected chi connectivity index (χ2v) is 6.05. The molecule has 0 radical (unpaired) electrons. The SMILES string of the molecule is CN1CCOC(C(=O)N2CCCC3CCCC32)C1. The number of carbonyl (C=O) groups is 1. The third-order valence-corrected chi connectivity index (χ3v) is 4.82. The van der Waals surface area contributed by atoms with Gasteiger partial charge in [-0.15, -0.1) is 0 Å². The molecule has 18 heavy (non-hydrogen) atoms. The molecule has 0 aromatic heterocycles. The molecule has 3 fully saturated rings. The van der Waals surface area contributed by atoms with Crippen molar-refractivity contribution in [3.8, 4) is 0 Å². The molecular weight excluding hydrogens is 228 g/mol. The lowest BCUT2D eigenvalue weighted by Gasteiger charge is -2.41. The maximum Gasteiger partial charge on any atom is 0.253 e. The molecule has 1 aliphatic carbocycles. The van der Waals surface area contributed by atoms with Crippen LogP contribution >= 0.6 is 0 Å². The molecule has 4 nitrogen and oxygen atoms in total. The van der Waals surface area contributed by atoms with Gasteiger partial charge in [-0.2, -0.15) is 0 Å². The molecule has 2 heterocycles. The van der Waals surface area contributed by atoms with Gasteiger partial charge in [-0.25, -0.2) is 0 Å². The fourth-order valence-corrected chi connectivity index (χ4v) is 3.84. The van der Waals surface area contributed by atoms with Crippen LogP contribution in [0.2, 0.25) is 0 Å². The van der Waals surface area contributed by atoms with E-state index in [1.807, 2.05) is 0 Å². The Morgan fingerprint density at radius 1 is 1.17 bits per heavy atom. The van der Waals surface area contributed by atoms with E-state index in [2.05, 4.69) is 16.8 Å². The average molecular weight is 252 g/mol. The summed E-state index contributed by atoms with van der Waals surface area (Å²) < 4.78 is 5.68. The van der Waals surface area contributed by atoms with Crippen LogP contribution in [0.1, 0.15) is 32.1 Å². The quantitative estimate of drug-likeness (QED) is 0.701. The minimum Gasteiger partial charge on any atom is -0.366 e. The lowest BCUT2D eigenvalue weighted by molar-refractivity contribution is -0.153. The Kier molecular flexibility index (Phi) is 3.57. The zero-order chi connectivity index (χ0) is 12.5. The van der Waals surface area contributed by atoms with E-state index in [9.17, 15) is 4.79 Å². The number of hydrogen-bond acceptors (Lipinski definition) is 3. The monoisotopic (exact) mass is 252 g/mol. The van der Waals surface area contributed by atoms with Crippen molar-refractivity contribution in [2.75, 3.05) is 33.3 Å². The summed E-state index contributed by atoms with van der Waals surface area (Å²) in [5, 5.41) is 0. The van der Waals surface area contributed by atoms with E-state index in [0.29, 0.717) is 12.6 Å². The highest BCUT2D eigenvalue weighted by atomic mass is 16.5. The summed E-state index contributed by atoms with van der Waals surface area (Å²) in [5.74, 6) is 1.02. The van der Waals surface area contributed by atoms with Crippen LogP contribution in [0.3, 0.4) is 0 Å². The number of fused-ring (bicyclic) bond motifs is 1. The normalized spacial score (nSPS) is 37.6. The van der Waals surface area contributed by atoms with Crippen LogP contribution < -0.4 is 0 Å². The second-order valence-electron chi connectivity index (χ2n) is 6.05. The van der Waals surface area contributed by atoms with Gasteiger partial charge >= 0.3 is 0 Å². The van der Waals surface area contributed by atoms with Crippen molar-refractivity contribution in [1.29, 1.82) is 0 Å². The summed E-state index contributed by atoms with van der Waals surface area (Å²) in [6.45, 7) is 3.33. The molecule has 4 heteroatoms. The third-order valence-electron chi connectivity index (χ3n) is 4.82. The van der Waals surface area contributed by atoms with Crippen molar-refractivity contribution in [2.24, 2.45) is 5.92 Å². The second kappa shape index (κ2) is 5.17. The molecule has 3 aliphatic rings. The van der Waals surface area contributed by atoms with Crippen LogP contribution in [-0.4, -0.2) is 61.1 Å². The van der Waals surface area contributed by atoms with E-state index >= 15 is 0 Å². The highest BCUT2D eigenvalue weighted by Gasteiger charge is 2.40. The van der Waals surface area contributed by atoms with Crippen LogP contribution in [0.15, 0.2) is 0 Å². The molecule has 3 atom stereocenters. The summed E-state index contributed by atoms with van der Waals surface area (Å²) in [6.07, 6.45) is 6.10. The molecular formula is C14H24N2O2. The predicted molar refractivity (Wildman–Crippen MR) is 69.3 cm³/mol. The summed E-state index contributed by atoms with van der Waals surface area (Å²) in [5.41, 5.74) is 0. The number of piperidine rings is 1. The average Bonchev–Trinajstić information content (AvgIpc) is 2.86. The minimum absolute atomic E-state index is 0.219. The van der Waals surface area contributed by atoms with Gasteiger partial charge in [0.2, 0.25) is 0 Å². The van der Waals surface area contributed by atoms with Gasteiger partial charge in [0.15, 0.2) is 0 Å². The third kappa shape index (κ3) is 2.28. The molecule has 2 saturated heterocycles. The van der Waals surface area contributed by atoms with Crippen LogP contribution in [0, 0.1) is 5.92 Å². The van der Waals surface area contributed by atoms with Gasteiger partial charge in [0.25, 0.3) is 5.91 Å². The Morgan fingerprint density at radius 3 is 2.83 bits per heavy atom. The van der Waals surface area contributed by atoms with E-state index in [4.69, 9.17) is 4.74 Å². The van der Waals surface area contributed by atoms with E-state index in [1.165, 1.54) is 32.1 Å². The largest absolute Gasteiger partial charge is 0.366 e. The van der Waals surface area contributed by atoms with Crippen LogP contribution in [0.25, 0.3) is 0 Å². The molecule has 0 spiro atoms. The van der Waals surface area contributed by atoms with Gasteiger partial charge in [-0.1, -0.05) is 6.42 Å². The summed E-state index contributed by atoms with van der Waals surface area (Å²) >= 11 is 0. The fraction of sp³-hybridized carbons (Fsp3) is 0.929. The van der Waals surface area contributed by atoms with Gasteiger partial charge in [0.05, 0.1) is 6.61 Å². The lowest BCUT2D eigenvalue weighted by atomic mass is 9.91. The van der Waals surface area contributed by atoms with E-state index in [1.54, 1.807) is 0 Å². The molecule has 102 valence electrons. The first-order chi connectivity index (χ1) is 8.75. The van der Waals surface area contributed by atoms with Crippen LogP contribution in [0.5, 0.6) is 0 Å². The van der Waals surface area contributed by atoms with Crippen molar-refractivity contribution < 1.29 is 9.53 Å². The Bertz CT molecular complexity index is 321. The highest BCUT2D eigenvalue weighted by Crippen LogP contribution is 2.37. The maximum absolute atomic E-state index is 12.6. The molecule has 3 unspecified atom stereocenters. The Labute approximate surface area is 109 Å². The molecule has 1 amide bonds. The number of rotatable bonds is 1. The Balaban J connectivity index is 1.67. The first-order valence-corrected chi connectivity index (χ1v) is 7.36. The van der Waals surface area contributed by atoms with Crippen LogP contribution in [-0.2, 0) is 9.53 Å². The maximum atomic E-state index is 12.6. The van der Waals surface area contributed by atoms with Crippen molar-refractivity contribution in [1.82, 2.24) is 9.80 Å². The van der Waals surface area contributed by atoms with Gasteiger partial charge in [-0.3, -0.25) is 4.79 Å². The van der Waals surface area contributed by atoms with E-state index in [0.717, 1.165) is 25.6 Å². The number of morpholine rings is 1. The number of nitrogens with zero attached hydrogens (tertiary/aromatic N) is 2. The van der Waals surface area contributed by atoms with Gasteiger partial charge in [0.1, 0.15) is 6.10 Å². The Hall–Kier alpha value is -0.610. The molecule has 1 saturated carbocycles. The Morgan fingerprint density at radius 2 is 2.00 bits per heavy atom. The molecule has 0 aromatic rings. The van der Waals surface area contributed by atoms with Crippen molar-refractivity contribution in [3.63, 3.8) is 0 Å². The van der Waals surface area contributed by atoms with Crippen LogP contribution in [0.4, 0.5) is 0 Å². The zero-order valence-electron chi connectivity index (χ0n) is 11.3. The summed E-state index contributed by atoms with van der Waals surface area (Å²) in [7, 11) is 2.07. The molecule has 0 aromatic carbocycles. The van der Waals surface area contributed by atoms with Gasteiger partial charge < -0.3 is 14.5 Å². The summed E-state index contributed by atoms with van der Waals surface area (Å²) in [6, 6.07) is 0.516. The van der Waals surface area contributed by atoms with Gasteiger partial charge in [0, 0.05) is 25.7 Å². The molecule has 0 bridgehead atoms. The zero-order valence-corrected chi connectivity index (χ0v) is 11.3. The first kappa shape index (κ1) is 12.4. The number of likely N-dealkylation sites (N-methyl/N-ethyl adjacent to an activating group) is 1. The number of hydrogen-bond donors (Lipinski definition) is 0. The first-order valence-electron chi connectivity index (χ1n) is 7.36. The number of likely N-dealkylation sites (tertiary alicyclic amines) is 1. The minimum atomic E-state index is -0.219. The molecule has 0 N–H and O–H groups in total. The van der Waals surface area contributed by atoms with Crippen molar-refractivity contribution in [2.45, 2.75) is 44.2 Å². The standard InChI is InChI=1S/C14H24N2O2/c1-15-8-9-18-13(10-15)14(17)16-7-3-5-11-4-2-6-12(11)16/h11-13H,2-10H2,1H3. The highest BCUT2D eigenvalue weighted by molar-refractivity contribution is 5.81. The topological polar surface area (TPSA) is 32.8 Å². The number of ether oxygens (including phenoxy) is 1. The lowest BCUT2D eigenvalue weighted by Crippen LogP contribution is -2.54. The van der Waals surface area contributed by atoms with Gasteiger partial charge in [-0.05, 0) is 38.6 Å². The predicted octanol–water partition coefficient (Wildman–Crippen LogP) is 1.11. The van der Waals surface area contributed by atoms with E-state index in [-0.39, 0.29) is 12.0 Å². The number of carbonyl (C=O) groups excluding carboxylic acids is 1. The smallest absolute Gasteiger partial charge is 0.253 e. The summed E-state index contributed by atoms with van der Waals surface area (Å²) in [4.78, 5) is 17.0. The van der Waals surface area contributed by atoms with E-state index < -0.39 is 0 Å². The molecule has 2 aliphatic heterocycles. The van der Waals surface area contributed by atoms with Crippen molar-refractivity contribution >= 4 is 5.91 Å². The fourth-order valence-electron chi connectivity index (χ4n) is 3.84. The molecule has 3 rings (SSSR count). The van der Waals surface area contributed by atoms with Crippen molar-refractivity contribution in [3.05, 3.63) is 0 Å². The number of amides is 1.